The van der Waals surface area contributed by atoms with Crippen LogP contribution in [0.2, 0.25) is 0 Å². The zero-order valence-corrected chi connectivity index (χ0v) is 18.7. The summed E-state index contributed by atoms with van der Waals surface area (Å²) < 4.78 is 5.97. The van der Waals surface area contributed by atoms with Gasteiger partial charge < -0.3 is 4.74 Å². The molecule has 1 fully saturated rings. The lowest BCUT2D eigenvalue weighted by Crippen LogP contribution is -2.43. The second kappa shape index (κ2) is 8.53. The van der Waals surface area contributed by atoms with Crippen molar-refractivity contribution in [3.63, 3.8) is 0 Å². The number of hydrogen-bond acceptors (Lipinski definition) is 2. The van der Waals surface area contributed by atoms with Gasteiger partial charge in [0.15, 0.2) is 0 Å². The van der Waals surface area contributed by atoms with E-state index in [4.69, 9.17) is 4.74 Å². The van der Waals surface area contributed by atoms with Gasteiger partial charge >= 0.3 is 6.09 Å². The lowest BCUT2D eigenvalue weighted by Gasteiger charge is -2.33. The van der Waals surface area contributed by atoms with E-state index in [1.807, 2.05) is 4.90 Å². The summed E-state index contributed by atoms with van der Waals surface area (Å²) in [5.41, 5.74) is 6.63. The van der Waals surface area contributed by atoms with Crippen LogP contribution in [0.25, 0.3) is 11.1 Å². The number of rotatable bonds is 6. The Kier molecular flexibility index (Phi) is 5.60. The number of carbonyl (C=O) groups excluding carboxylic acids is 1. The molecule has 0 spiro atoms. The number of carbonyl (C=O) groups is 1. The Bertz CT molecular complexity index is 947. The fraction of sp³-hybridized carbons (Fsp3) is 0.464. The van der Waals surface area contributed by atoms with Crippen LogP contribution in [-0.2, 0) is 4.74 Å². The van der Waals surface area contributed by atoms with E-state index in [9.17, 15) is 4.79 Å². The van der Waals surface area contributed by atoms with E-state index in [1.165, 1.54) is 41.5 Å². The molecule has 2 aliphatic heterocycles. The molecule has 162 valence electrons. The van der Waals surface area contributed by atoms with Crippen LogP contribution in [0.4, 0.5) is 4.79 Å². The highest BCUT2D eigenvalue weighted by molar-refractivity contribution is 5.79. The minimum absolute atomic E-state index is 0.126. The van der Waals surface area contributed by atoms with Crippen molar-refractivity contribution in [2.24, 2.45) is 5.92 Å². The fourth-order valence-corrected chi connectivity index (χ4v) is 5.79. The van der Waals surface area contributed by atoms with Crippen molar-refractivity contribution >= 4 is 6.09 Å². The highest BCUT2D eigenvalue weighted by Gasteiger charge is 2.40. The molecule has 1 amide bonds. The molecule has 3 aliphatic rings. The Morgan fingerprint density at radius 3 is 2.35 bits per heavy atom. The van der Waals surface area contributed by atoms with Crippen LogP contribution < -0.4 is 0 Å². The van der Waals surface area contributed by atoms with E-state index < -0.39 is 0 Å². The average molecular weight is 416 g/mol. The summed E-state index contributed by atoms with van der Waals surface area (Å²) in [6.07, 6.45) is 9.15. The zero-order chi connectivity index (χ0) is 21.4. The molecule has 3 nitrogen and oxygen atoms in total. The van der Waals surface area contributed by atoms with Gasteiger partial charge in [-0.3, -0.25) is 4.90 Å². The van der Waals surface area contributed by atoms with Crippen molar-refractivity contribution in [1.82, 2.24) is 4.90 Å². The van der Waals surface area contributed by atoms with Gasteiger partial charge in [-0.15, -0.1) is 0 Å². The highest BCUT2D eigenvalue weighted by Crippen LogP contribution is 2.45. The van der Waals surface area contributed by atoms with Crippen molar-refractivity contribution in [3.8, 4) is 11.1 Å². The van der Waals surface area contributed by atoms with Gasteiger partial charge in [-0.2, -0.15) is 0 Å². The first-order valence-corrected chi connectivity index (χ1v) is 11.9. The lowest BCUT2D eigenvalue weighted by atomic mass is 9.95. The van der Waals surface area contributed by atoms with Gasteiger partial charge in [-0.1, -0.05) is 80.4 Å². The normalized spacial score (nSPS) is 21.8. The first kappa shape index (κ1) is 20.4. The molecule has 0 aromatic heterocycles. The standard InChI is InChI=1S/C28H33NO2/c1-19(2)8-7-9-20-16-21-14-15-22(17-20)29(21)28(30)31-18-27-25-12-5-3-10-23(25)24-11-4-6-13-26(24)27/h3-6,10-13,16,19,21-22,27H,7-9,14-15,17-18H2,1-2H3. The van der Waals surface area contributed by atoms with Crippen molar-refractivity contribution < 1.29 is 9.53 Å². The van der Waals surface area contributed by atoms with Crippen LogP contribution in [0, 0.1) is 5.92 Å². The predicted octanol–water partition coefficient (Wildman–Crippen LogP) is 6.92. The van der Waals surface area contributed by atoms with E-state index in [2.05, 4.69) is 68.5 Å². The highest BCUT2D eigenvalue weighted by atomic mass is 16.6. The Morgan fingerprint density at radius 1 is 1.03 bits per heavy atom. The summed E-state index contributed by atoms with van der Waals surface area (Å²) in [6.45, 7) is 4.99. The molecule has 1 aliphatic carbocycles. The van der Waals surface area contributed by atoms with Crippen LogP contribution in [0.15, 0.2) is 60.2 Å². The minimum atomic E-state index is -0.133. The van der Waals surface area contributed by atoms with Crippen LogP contribution in [0.1, 0.15) is 69.4 Å². The van der Waals surface area contributed by atoms with Crippen LogP contribution in [-0.4, -0.2) is 29.7 Å². The van der Waals surface area contributed by atoms with Crippen molar-refractivity contribution in [2.75, 3.05) is 6.61 Å². The maximum Gasteiger partial charge on any atom is 0.410 e. The Hall–Kier alpha value is -2.55. The first-order chi connectivity index (χ1) is 15.1. The Labute approximate surface area is 186 Å². The molecule has 5 rings (SSSR count). The molecule has 2 atom stereocenters. The summed E-state index contributed by atoms with van der Waals surface area (Å²) >= 11 is 0. The van der Waals surface area contributed by atoms with Crippen molar-refractivity contribution in [2.45, 2.75) is 70.4 Å². The molecule has 0 N–H and O–H groups in total. The number of benzene rings is 2. The van der Waals surface area contributed by atoms with Gasteiger partial charge in [0.25, 0.3) is 0 Å². The number of hydrogen-bond donors (Lipinski definition) is 0. The van der Waals surface area contributed by atoms with Gasteiger partial charge in [0.1, 0.15) is 6.61 Å². The van der Waals surface area contributed by atoms with Crippen molar-refractivity contribution in [3.05, 3.63) is 71.3 Å². The minimum Gasteiger partial charge on any atom is -0.448 e. The maximum absolute atomic E-state index is 13.1. The van der Waals surface area contributed by atoms with Gasteiger partial charge in [0.05, 0.1) is 6.04 Å². The van der Waals surface area contributed by atoms with Crippen molar-refractivity contribution in [1.29, 1.82) is 0 Å². The van der Waals surface area contributed by atoms with E-state index in [0.717, 1.165) is 25.2 Å². The Morgan fingerprint density at radius 2 is 1.71 bits per heavy atom. The molecule has 3 heteroatoms. The number of nitrogens with zero attached hydrogens (tertiary/aromatic N) is 1. The molecule has 2 aromatic carbocycles. The molecular weight excluding hydrogens is 382 g/mol. The molecular formula is C28H33NO2. The second-order valence-corrected chi connectivity index (χ2v) is 9.82. The smallest absolute Gasteiger partial charge is 0.410 e. The average Bonchev–Trinajstić information content (AvgIpc) is 3.23. The molecule has 2 heterocycles. The van der Waals surface area contributed by atoms with Gasteiger partial charge in [-0.05, 0) is 60.3 Å². The van der Waals surface area contributed by atoms with E-state index >= 15 is 0 Å². The Balaban J connectivity index is 1.25. The molecule has 2 aromatic rings. The SMILES string of the molecule is CC(C)CCCC1=CC2CCC(C1)N2C(=O)OCC1c2ccccc2-c2ccccc21. The molecule has 2 unspecified atom stereocenters. The summed E-state index contributed by atoms with van der Waals surface area (Å²) in [4.78, 5) is 15.2. The number of amides is 1. The maximum atomic E-state index is 13.1. The molecule has 31 heavy (non-hydrogen) atoms. The van der Waals surface area contributed by atoms with Crippen LogP contribution in [0.3, 0.4) is 0 Å². The fourth-order valence-electron chi connectivity index (χ4n) is 5.79. The third-order valence-corrected chi connectivity index (χ3v) is 7.30. The monoisotopic (exact) mass is 415 g/mol. The first-order valence-electron chi connectivity index (χ1n) is 11.9. The van der Waals surface area contributed by atoms with Gasteiger partial charge in [0.2, 0.25) is 0 Å². The largest absolute Gasteiger partial charge is 0.448 e. The summed E-state index contributed by atoms with van der Waals surface area (Å²) in [6, 6.07) is 17.6. The van der Waals surface area contributed by atoms with E-state index in [-0.39, 0.29) is 18.1 Å². The van der Waals surface area contributed by atoms with Gasteiger partial charge in [-0.25, -0.2) is 4.79 Å². The van der Waals surface area contributed by atoms with Crippen LogP contribution in [0.5, 0.6) is 0 Å². The third-order valence-electron chi connectivity index (χ3n) is 7.30. The lowest BCUT2D eigenvalue weighted by molar-refractivity contribution is 0.0848. The summed E-state index contributed by atoms with van der Waals surface area (Å²) in [5, 5.41) is 0. The summed E-state index contributed by atoms with van der Waals surface area (Å²) in [7, 11) is 0. The third kappa shape index (κ3) is 3.91. The summed E-state index contributed by atoms with van der Waals surface area (Å²) in [5.74, 6) is 0.888. The zero-order valence-electron chi connectivity index (χ0n) is 18.7. The topological polar surface area (TPSA) is 29.5 Å². The van der Waals surface area contributed by atoms with Gasteiger partial charge in [0, 0.05) is 12.0 Å². The van der Waals surface area contributed by atoms with Crippen LogP contribution >= 0.6 is 0 Å². The van der Waals surface area contributed by atoms with E-state index in [0.29, 0.717) is 12.6 Å². The quantitative estimate of drug-likeness (QED) is 0.479. The predicted molar refractivity (Wildman–Crippen MR) is 125 cm³/mol. The van der Waals surface area contributed by atoms with E-state index in [1.54, 1.807) is 5.57 Å². The second-order valence-electron chi connectivity index (χ2n) is 9.82. The molecule has 1 saturated heterocycles. The molecule has 0 saturated carbocycles. The molecule has 2 bridgehead atoms. The number of fused-ring (bicyclic) bond motifs is 5. The molecule has 0 radical (unpaired) electrons. The number of ether oxygens (including phenoxy) is 1.